The van der Waals surface area contributed by atoms with Crippen molar-refractivity contribution < 1.29 is 13.2 Å². The fourth-order valence-electron chi connectivity index (χ4n) is 4.24. The van der Waals surface area contributed by atoms with Gasteiger partial charge in [0.1, 0.15) is 11.0 Å². The molecule has 0 bridgehead atoms. The lowest BCUT2D eigenvalue weighted by Gasteiger charge is -2.28. The van der Waals surface area contributed by atoms with Gasteiger partial charge in [0.2, 0.25) is 15.9 Å². The van der Waals surface area contributed by atoms with E-state index in [1.807, 2.05) is 49.8 Å². The van der Waals surface area contributed by atoms with E-state index in [2.05, 4.69) is 15.0 Å². The topological polar surface area (TPSA) is 80.6 Å². The third-order valence-corrected chi connectivity index (χ3v) is 7.50. The van der Waals surface area contributed by atoms with Crippen molar-refractivity contribution in [3.05, 3.63) is 72.2 Å². The van der Waals surface area contributed by atoms with E-state index in [1.165, 1.54) is 0 Å². The SMILES string of the molecule is Cn1cc(CN2C[C@H]3Oc4ncccc4S(=O)(=O)N(Cc4ccccc4)[C@H]3C2)cn1. The van der Waals surface area contributed by atoms with Crippen molar-refractivity contribution in [1.82, 2.24) is 24.0 Å². The number of pyridine rings is 1. The number of sulfonamides is 1. The zero-order chi connectivity index (χ0) is 20.7. The smallest absolute Gasteiger partial charge is 0.249 e. The zero-order valence-electron chi connectivity index (χ0n) is 16.6. The van der Waals surface area contributed by atoms with Gasteiger partial charge in [-0.2, -0.15) is 9.40 Å². The van der Waals surface area contributed by atoms with Gasteiger partial charge in [0.25, 0.3) is 0 Å². The molecular weight excluding hydrogens is 402 g/mol. The number of rotatable bonds is 4. The Morgan fingerprint density at radius 1 is 1.07 bits per heavy atom. The van der Waals surface area contributed by atoms with Crippen molar-refractivity contribution >= 4 is 10.0 Å². The molecule has 156 valence electrons. The predicted octanol–water partition coefficient (Wildman–Crippen LogP) is 1.65. The normalized spacial score (nSPS) is 23.4. The zero-order valence-corrected chi connectivity index (χ0v) is 17.4. The van der Waals surface area contributed by atoms with Gasteiger partial charge in [-0.1, -0.05) is 30.3 Å². The second kappa shape index (κ2) is 7.50. The fraction of sp³-hybridized carbons (Fsp3) is 0.333. The lowest BCUT2D eigenvalue weighted by Crippen LogP contribution is -2.46. The average molecular weight is 426 g/mol. The van der Waals surface area contributed by atoms with Crippen LogP contribution in [0.25, 0.3) is 0 Å². The van der Waals surface area contributed by atoms with Crippen LogP contribution in [-0.2, 0) is 30.2 Å². The molecule has 3 aromatic rings. The molecule has 2 aromatic heterocycles. The van der Waals surface area contributed by atoms with E-state index in [9.17, 15) is 8.42 Å². The summed E-state index contributed by atoms with van der Waals surface area (Å²) < 4.78 is 36.7. The minimum absolute atomic E-state index is 0.133. The molecule has 0 aliphatic carbocycles. The number of likely N-dealkylation sites (tertiary alicyclic amines) is 1. The van der Waals surface area contributed by atoms with E-state index < -0.39 is 10.0 Å². The number of hydrogen-bond donors (Lipinski definition) is 0. The fourth-order valence-corrected chi connectivity index (χ4v) is 5.94. The van der Waals surface area contributed by atoms with Crippen LogP contribution in [0, 0.1) is 0 Å². The third kappa shape index (κ3) is 3.49. The highest BCUT2D eigenvalue weighted by molar-refractivity contribution is 7.89. The number of nitrogens with zero attached hydrogens (tertiary/aromatic N) is 5. The Morgan fingerprint density at radius 2 is 1.90 bits per heavy atom. The Kier molecular flexibility index (Phi) is 4.80. The molecule has 30 heavy (non-hydrogen) atoms. The molecule has 2 aliphatic rings. The molecule has 5 rings (SSSR count). The molecule has 2 atom stereocenters. The Hall–Kier alpha value is -2.75. The van der Waals surface area contributed by atoms with Gasteiger partial charge in [-0.3, -0.25) is 9.58 Å². The van der Waals surface area contributed by atoms with Crippen LogP contribution in [0.4, 0.5) is 0 Å². The van der Waals surface area contributed by atoms with Crippen LogP contribution in [0.1, 0.15) is 11.1 Å². The summed E-state index contributed by atoms with van der Waals surface area (Å²) in [7, 11) is -1.87. The third-order valence-electron chi connectivity index (χ3n) is 5.61. The molecule has 0 N–H and O–H groups in total. The van der Waals surface area contributed by atoms with Crippen LogP contribution < -0.4 is 4.74 Å². The summed E-state index contributed by atoms with van der Waals surface area (Å²) in [6, 6.07) is 12.6. The summed E-state index contributed by atoms with van der Waals surface area (Å²) in [5.41, 5.74) is 2.03. The van der Waals surface area contributed by atoms with Crippen molar-refractivity contribution in [1.29, 1.82) is 0 Å². The lowest BCUT2D eigenvalue weighted by molar-refractivity contribution is 0.144. The first-order chi connectivity index (χ1) is 14.5. The van der Waals surface area contributed by atoms with Crippen LogP contribution in [-0.4, -0.2) is 57.6 Å². The van der Waals surface area contributed by atoms with E-state index in [1.54, 1.807) is 27.3 Å². The second-order valence-corrected chi connectivity index (χ2v) is 9.64. The first-order valence-corrected chi connectivity index (χ1v) is 11.3. The molecule has 1 saturated heterocycles. The molecule has 0 saturated carbocycles. The summed E-state index contributed by atoms with van der Waals surface area (Å²) in [5.74, 6) is 0.186. The number of aryl methyl sites for hydroxylation is 1. The number of hydrogen-bond acceptors (Lipinski definition) is 6. The number of aromatic nitrogens is 3. The minimum Gasteiger partial charge on any atom is -0.470 e. The molecule has 0 unspecified atom stereocenters. The molecule has 4 heterocycles. The largest absolute Gasteiger partial charge is 0.470 e. The van der Waals surface area contributed by atoms with E-state index in [0.29, 0.717) is 26.2 Å². The second-order valence-electron chi connectivity index (χ2n) is 7.78. The average Bonchev–Trinajstić information content (AvgIpc) is 3.31. The maximum atomic E-state index is 13.6. The van der Waals surface area contributed by atoms with E-state index in [4.69, 9.17) is 4.74 Å². The Labute approximate surface area is 175 Å². The molecule has 1 fully saturated rings. The molecule has 1 aromatic carbocycles. The van der Waals surface area contributed by atoms with E-state index >= 15 is 0 Å². The molecule has 0 spiro atoms. The van der Waals surface area contributed by atoms with Gasteiger partial charge in [0.15, 0.2) is 0 Å². The molecule has 0 amide bonds. The van der Waals surface area contributed by atoms with Crippen molar-refractivity contribution in [3.63, 3.8) is 0 Å². The Morgan fingerprint density at radius 3 is 2.67 bits per heavy atom. The lowest BCUT2D eigenvalue weighted by atomic mass is 10.1. The van der Waals surface area contributed by atoms with Gasteiger partial charge in [-0.05, 0) is 17.7 Å². The summed E-state index contributed by atoms with van der Waals surface area (Å²) in [4.78, 5) is 6.58. The minimum atomic E-state index is -3.76. The predicted molar refractivity (Wildman–Crippen MR) is 110 cm³/mol. The van der Waals surface area contributed by atoms with Crippen molar-refractivity contribution in [2.75, 3.05) is 13.1 Å². The van der Waals surface area contributed by atoms with Crippen LogP contribution >= 0.6 is 0 Å². The highest BCUT2D eigenvalue weighted by Crippen LogP contribution is 2.36. The van der Waals surface area contributed by atoms with Crippen molar-refractivity contribution in [2.45, 2.75) is 30.1 Å². The van der Waals surface area contributed by atoms with Gasteiger partial charge in [-0.25, -0.2) is 13.4 Å². The molecular formula is C21H23N5O3S. The van der Waals surface area contributed by atoms with Gasteiger partial charge in [-0.15, -0.1) is 0 Å². The van der Waals surface area contributed by atoms with Gasteiger partial charge >= 0.3 is 0 Å². The number of benzene rings is 1. The van der Waals surface area contributed by atoms with Crippen LogP contribution in [0.15, 0.2) is 66.0 Å². The monoisotopic (exact) mass is 425 g/mol. The van der Waals surface area contributed by atoms with Gasteiger partial charge in [0.05, 0.1) is 12.2 Å². The first-order valence-electron chi connectivity index (χ1n) is 9.88. The molecule has 0 radical (unpaired) electrons. The Balaban J connectivity index is 1.50. The highest BCUT2D eigenvalue weighted by Gasteiger charge is 2.47. The summed E-state index contributed by atoms with van der Waals surface area (Å²) in [5, 5.41) is 4.23. The van der Waals surface area contributed by atoms with Crippen molar-refractivity contribution in [3.8, 4) is 5.88 Å². The summed E-state index contributed by atoms with van der Waals surface area (Å²) in [6.45, 7) is 2.19. The Bertz CT molecular complexity index is 1150. The maximum absolute atomic E-state index is 13.6. The summed E-state index contributed by atoms with van der Waals surface area (Å²) in [6.07, 6.45) is 5.09. The quantitative estimate of drug-likeness (QED) is 0.632. The van der Waals surface area contributed by atoms with Gasteiger partial charge in [0, 0.05) is 51.2 Å². The highest BCUT2D eigenvalue weighted by atomic mass is 32.2. The summed E-state index contributed by atoms with van der Waals surface area (Å²) >= 11 is 0. The molecule has 2 aliphatic heterocycles. The van der Waals surface area contributed by atoms with Crippen LogP contribution in [0.3, 0.4) is 0 Å². The number of fused-ring (bicyclic) bond motifs is 2. The maximum Gasteiger partial charge on any atom is 0.249 e. The van der Waals surface area contributed by atoms with Crippen molar-refractivity contribution in [2.24, 2.45) is 7.05 Å². The van der Waals surface area contributed by atoms with E-state index in [-0.39, 0.29) is 22.9 Å². The molecule has 8 nitrogen and oxygen atoms in total. The first kappa shape index (κ1) is 19.2. The number of ether oxygens (including phenoxy) is 1. The molecule has 9 heteroatoms. The van der Waals surface area contributed by atoms with Crippen LogP contribution in [0.2, 0.25) is 0 Å². The van der Waals surface area contributed by atoms with Crippen LogP contribution in [0.5, 0.6) is 5.88 Å². The van der Waals surface area contributed by atoms with Gasteiger partial charge < -0.3 is 4.74 Å². The van der Waals surface area contributed by atoms with E-state index in [0.717, 1.165) is 11.1 Å². The standard InChI is InChI=1S/C21H23N5O3S/c1-24-11-17(10-23-24)12-25-14-18-19(15-25)29-21-20(8-5-9-22-21)30(27,28)26(18)13-16-6-3-2-4-7-16/h2-11,18-19H,12-15H2,1H3/t18-,19+/m0/s1.